The Balaban J connectivity index is 2.99. The van der Waals surface area contributed by atoms with Gasteiger partial charge in [0.2, 0.25) is 0 Å². The zero-order valence-electron chi connectivity index (χ0n) is 49.5. The summed E-state index contributed by atoms with van der Waals surface area (Å²) in [5.74, 6) is -2.94. The minimum absolute atomic E-state index is 0.0983. The molecule has 1 aliphatic rings. The maximum atomic E-state index is 14.0. The highest BCUT2D eigenvalue weighted by atomic mass is 16.6. The first-order valence-electron chi connectivity index (χ1n) is 26.5. The van der Waals surface area contributed by atoms with E-state index >= 15 is 0 Å². The Morgan fingerprint density at radius 2 is 0.645 bits per heavy atom. The lowest BCUT2D eigenvalue weighted by atomic mass is 10.0. The molecule has 1 saturated heterocycles. The van der Waals surface area contributed by atoms with Gasteiger partial charge in [0.25, 0.3) is 5.69 Å². The van der Waals surface area contributed by atoms with E-state index in [2.05, 4.69) is 0 Å². The molecule has 0 aromatic heterocycles. The Morgan fingerprint density at radius 1 is 0.408 bits per heavy atom. The summed E-state index contributed by atoms with van der Waals surface area (Å²) in [7, 11) is 0. The number of carbonyl (C=O) groups is 6. The first-order valence-corrected chi connectivity index (χ1v) is 26.5. The lowest BCUT2D eigenvalue weighted by Crippen LogP contribution is -2.53. The topological polar surface area (TPSA) is 220 Å². The molecule has 2 rings (SSSR count). The second-order valence-corrected chi connectivity index (χ2v) is 25.6. The second-order valence-electron chi connectivity index (χ2n) is 25.6. The molecule has 1 atom stereocenters. The van der Waals surface area contributed by atoms with E-state index in [1.54, 1.807) is 137 Å². The van der Waals surface area contributed by atoms with Gasteiger partial charge >= 0.3 is 35.8 Å². The van der Waals surface area contributed by atoms with Crippen LogP contribution < -0.4 is 0 Å². The summed E-state index contributed by atoms with van der Waals surface area (Å²) >= 11 is 0. The van der Waals surface area contributed by atoms with Crippen molar-refractivity contribution in [1.82, 2.24) is 29.4 Å². The van der Waals surface area contributed by atoms with Crippen LogP contribution in [0.25, 0.3) is 0 Å². The summed E-state index contributed by atoms with van der Waals surface area (Å²) in [6, 6.07) is 5.57. The van der Waals surface area contributed by atoms with Crippen LogP contribution in [-0.4, -0.2) is 221 Å². The molecule has 0 spiro atoms. The SMILES string of the molecule is CC(C)(C)OC(=O)CN1CCN(CC(=O)OC(C)(C)C)CCN(CC(=O)OC(C)(C)C)CCN(CC(=O)OC(C)(C)C)C(Cc2ccc([N+](=O)[O-])cc2)CN(CC(=O)OC(C)(C)C)CCN(CC(=O)OC(C)(C)C)CC1. The van der Waals surface area contributed by atoms with Crippen molar-refractivity contribution in [2.75, 3.05) is 111 Å². The van der Waals surface area contributed by atoms with E-state index < -0.39 is 80.4 Å². The van der Waals surface area contributed by atoms with Crippen molar-refractivity contribution in [1.29, 1.82) is 0 Å². The summed E-state index contributed by atoms with van der Waals surface area (Å²) in [6.07, 6.45) is 0.253. The first kappa shape index (κ1) is 67.3. The van der Waals surface area contributed by atoms with E-state index in [1.165, 1.54) is 12.1 Å². The predicted octanol–water partition coefficient (Wildman–Crippen LogP) is 5.38. The first-order chi connectivity index (χ1) is 34.6. The number of nitro groups is 1. The number of non-ortho nitro benzene ring substituents is 1. The van der Waals surface area contributed by atoms with E-state index in [9.17, 15) is 38.9 Å². The summed E-state index contributed by atoms with van der Waals surface area (Å²) in [5.41, 5.74) is -4.19. The molecule has 0 saturated carbocycles. The van der Waals surface area contributed by atoms with Crippen molar-refractivity contribution < 1.29 is 62.1 Å². The third kappa shape index (κ3) is 32.1. The van der Waals surface area contributed by atoms with Crippen LogP contribution >= 0.6 is 0 Å². The van der Waals surface area contributed by atoms with Gasteiger partial charge in [-0.2, -0.15) is 0 Å². The fourth-order valence-electron chi connectivity index (χ4n) is 8.06. The molecule has 76 heavy (non-hydrogen) atoms. The van der Waals surface area contributed by atoms with Crippen molar-refractivity contribution in [3.05, 3.63) is 39.9 Å². The van der Waals surface area contributed by atoms with Gasteiger partial charge in [-0.1, -0.05) is 12.1 Å². The molecule has 1 aromatic carbocycles. The Labute approximate surface area is 453 Å². The van der Waals surface area contributed by atoms with E-state index in [0.717, 1.165) is 0 Å². The van der Waals surface area contributed by atoms with Gasteiger partial charge in [0, 0.05) is 90.2 Å². The third-order valence-corrected chi connectivity index (χ3v) is 10.9. The molecule has 21 heteroatoms. The quantitative estimate of drug-likeness (QED) is 0.0931. The summed E-state index contributed by atoms with van der Waals surface area (Å²) in [4.78, 5) is 105. The standard InChI is InChI=1S/C55H95N7O14/c1-50(2,3)71-44(63)35-56-23-24-57(36-45(64)72-51(4,5)6)27-28-59(38-47(66)74-53(10,11)12)31-32-61(40-49(68)76-55(16,17)18)43(33-41-19-21-42(22-20-41)62(69)70)34-60(39-48(67)75-54(13,14)15)30-29-58(26-25-56)37-46(65)73-52(7,8)9/h19-22,43H,23-40H2,1-18H3. The number of benzene rings is 1. The largest absolute Gasteiger partial charge is 0.459 e. The lowest BCUT2D eigenvalue weighted by Gasteiger charge is -2.38. The molecule has 1 aliphatic heterocycles. The maximum absolute atomic E-state index is 14.0. The third-order valence-electron chi connectivity index (χ3n) is 10.9. The Bertz CT molecular complexity index is 2040. The monoisotopic (exact) mass is 1080 g/mol. The van der Waals surface area contributed by atoms with Crippen molar-refractivity contribution in [2.45, 2.75) is 171 Å². The molecule has 0 aliphatic carbocycles. The van der Waals surface area contributed by atoms with Crippen LogP contribution in [0.4, 0.5) is 5.69 Å². The summed E-state index contributed by atoms with van der Waals surface area (Å²) < 4.78 is 34.9. The summed E-state index contributed by atoms with van der Waals surface area (Å²) in [5, 5.41) is 11.8. The molecular weight excluding hydrogens is 983 g/mol. The second kappa shape index (κ2) is 29.3. The fourth-order valence-corrected chi connectivity index (χ4v) is 8.06. The number of esters is 6. The lowest BCUT2D eigenvalue weighted by molar-refractivity contribution is -0.384. The average Bonchev–Trinajstić information content (AvgIpc) is 3.19. The Kier molecular flexibility index (Phi) is 25.9. The minimum Gasteiger partial charge on any atom is -0.459 e. The van der Waals surface area contributed by atoms with E-state index in [4.69, 9.17) is 28.4 Å². The minimum atomic E-state index is -0.842. The van der Waals surface area contributed by atoms with Crippen LogP contribution in [0, 0.1) is 10.1 Å². The van der Waals surface area contributed by atoms with Crippen LogP contribution in [0.1, 0.15) is 130 Å². The van der Waals surface area contributed by atoms with E-state index in [1.807, 2.05) is 29.4 Å². The van der Waals surface area contributed by atoms with Crippen molar-refractivity contribution in [3.63, 3.8) is 0 Å². The van der Waals surface area contributed by atoms with Crippen molar-refractivity contribution in [2.24, 2.45) is 0 Å². The van der Waals surface area contributed by atoms with Crippen molar-refractivity contribution in [3.8, 4) is 0 Å². The molecule has 0 bridgehead atoms. The van der Waals surface area contributed by atoms with Gasteiger partial charge in [0.1, 0.15) is 33.6 Å². The Morgan fingerprint density at radius 3 is 0.908 bits per heavy atom. The molecule has 1 aromatic rings. The van der Waals surface area contributed by atoms with E-state index in [0.29, 0.717) is 5.56 Å². The average molecular weight is 1080 g/mol. The molecule has 0 amide bonds. The molecule has 1 fully saturated rings. The zero-order valence-corrected chi connectivity index (χ0v) is 49.5. The van der Waals surface area contributed by atoms with Crippen LogP contribution in [-0.2, 0) is 63.6 Å². The molecule has 0 N–H and O–H groups in total. The maximum Gasteiger partial charge on any atom is 0.320 e. The number of nitro benzene ring substituents is 1. The highest BCUT2D eigenvalue weighted by Gasteiger charge is 2.32. The zero-order chi connectivity index (χ0) is 58.0. The highest BCUT2D eigenvalue weighted by molar-refractivity contribution is 5.74. The number of ether oxygens (including phenoxy) is 6. The predicted molar refractivity (Wildman–Crippen MR) is 289 cm³/mol. The van der Waals surface area contributed by atoms with Gasteiger partial charge in [-0.15, -0.1) is 0 Å². The number of nitrogens with zero attached hydrogens (tertiary/aromatic N) is 7. The smallest absolute Gasteiger partial charge is 0.320 e. The molecule has 1 unspecified atom stereocenters. The molecule has 434 valence electrons. The van der Waals surface area contributed by atoms with Gasteiger partial charge in [-0.05, 0) is 137 Å². The van der Waals surface area contributed by atoms with Gasteiger partial charge < -0.3 is 28.4 Å². The fraction of sp³-hybridized carbons (Fsp3) is 0.782. The van der Waals surface area contributed by atoms with Gasteiger partial charge in [-0.25, -0.2) is 0 Å². The normalized spacial score (nSPS) is 18.2. The van der Waals surface area contributed by atoms with Gasteiger partial charge in [0.05, 0.1) is 44.2 Å². The number of hydrogen-bond donors (Lipinski definition) is 0. The molecule has 21 nitrogen and oxygen atoms in total. The molecule has 1 heterocycles. The van der Waals surface area contributed by atoms with Crippen LogP contribution in [0.3, 0.4) is 0 Å². The number of hydrogen-bond acceptors (Lipinski definition) is 20. The highest BCUT2D eigenvalue weighted by Crippen LogP contribution is 2.20. The Hall–Kier alpha value is -4.80. The van der Waals surface area contributed by atoms with Gasteiger partial charge in [-0.3, -0.25) is 68.3 Å². The van der Waals surface area contributed by atoms with Crippen molar-refractivity contribution >= 4 is 41.5 Å². The van der Waals surface area contributed by atoms with E-state index in [-0.39, 0.29) is 123 Å². The molecular formula is C55H95N7O14. The van der Waals surface area contributed by atoms with Crippen LogP contribution in [0.5, 0.6) is 0 Å². The van der Waals surface area contributed by atoms with Gasteiger partial charge in [0.15, 0.2) is 0 Å². The number of carbonyl (C=O) groups excluding carboxylic acids is 6. The molecule has 0 radical (unpaired) electrons. The summed E-state index contributed by atoms with van der Waals surface area (Å²) in [6.45, 7) is 33.7. The van der Waals surface area contributed by atoms with Crippen LogP contribution in [0.2, 0.25) is 0 Å². The van der Waals surface area contributed by atoms with Crippen LogP contribution in [0.15, 0.2) is 24.3 Å². The number of rotatable bonds is 15.